The highest BCUT2D eigenvalue weighted by Gasteiger charge is 2.47. The van der Waals surface area contributed by atoms with Gasteiger partial charge in [0.25, 0.3) is 0 Å². The van der Waals surface area contributed by atoms with Crippen molar-refractivity contribution in [1.29, 1.82) is 0 Å². The highest BCUT2D eigenvalue weighted by atomic mass is 16.4. The first-order valence-electron chi connectivity index (χ1n) is 6.99. The van der Waals surface area contributed by atoms with Crippen LogP contribution in [0.15, 0.2) is 59.7 Å². The Kier molecular flexibility index (Phi) is 2.51. The molecular formula is C18H12O4. The van der Waals surface area contributed by atoms with Crippen LogP contribution in [0.1, 0.15) is 34.1 Å². The first-order chi connectivity index (χ1) is 10.6. The molecule has 0 spiro atoms. The van der Waals surface area contributed by atoms with Crippen molar-refractivity contribution in [2.24, 2.45) is 0 Å². The summed E-state index contributed by atoms with van der Waals surface area (Å²) < 4.78 is 0. The van der Waals surface area contributed by atoms with E-state index in [-0.39, 0.29) is 11.1 Å². The molecule has 4 heteroatoms. The molecule has 4 nitrogen and oxygen atoms in total. The fraction of sp³-hybridized carbons (Fsp3) is 0.111. The Hall–Kier alpha value is -2.88. The summed E-state index contributed by atoms with van der Waals surface area (Å²) in [5.41, 5.74) is 3.58. The third kappa shape index (κ3) is 1.46. The van der Waals surface area contributed by atoms with Crippen molar-refractivity contribution in [3.05, 3.63) is 81.9 Å². The van der Waals surface area contributed by atoms with Gasteiger partial charge >= 0.3 is 11.9 Å². The fourth-order valence-electron chi connectivity index (χ4n) is 3.82. The van der Waals surface area contributed by atoms with Gasteiger partial charge in [-0.25, -0.2) is 9.59 Å². The molecule has 108 valence electrons. The molecule has 3 aliphatic carbocycles. The summed E-state index contributed by atoms with van der Waals surface area (Å²) in [7, 11) is 0. The lowest BCUT2D eigenvalue weighted by Gasteiger charge is -2.40. The van der Waals surface area contributed by atoms with Crippen LogP contribution in [0.3, 0.4) is 0 Å². The number of hydrogen-bond acceptors (Lipinski definition) is 2. The van der Waals surface area contributed by atoms with Gasteiger partial charge in [-0.05, 0) is 22.3 Å². The van der Waals surface area contributed by atoms with Gasteiger partial charge in [0.15, 0.2) is 0 Å². The first-order valence-corrected chi connectivity index (χ1v) is 6.99. The lowest BCUT2D eigenvalue weighted by Crippen LogP contribution is -2.34. The topological polar surface area (TPSA) is 74.6 Å². The van der Waals surface area contributed by atoms with Gasteiger partial charge in [-0.1, -0.05) is 48.5 Å². The maximum atomic E-state index is 11.8. The maximum absolute atomic E-state index is 11.8. The molecule has 0 radical (unpaired) electrons. The molecule has 0 saturated heterocycles. The van der Waals surface area contributed by atoms with Gasteiger partial charge in [-0.2, -0.15) is 0 Å². The van der Waals surface area contributed by atoms with Crippen LogP contribution >= 0.6 is 0 Å². The molecule has 0 aromatic heterocycles. The van der Waals surface area contributed by atoms with Crippen LogP contribution in [0, 0.1) is 0 Å². The average Bonchev–Trinajstić information content (AvgIpc) is 2.53. The average molecular weight is 292 g/mol. The van der Waals surface area contributed by atoms with Crippen molar-refractivity contribution in [1.82, 2.24) is 0 Å². The van der Waals surface area contributed by atoms with Crippen LogP contribution in [-0.4, -0.2) is 22.2 Å². The Balaban J connectivity index is 2.13. The molecule has 0 unspecified atom stereocenters. The van der Waals surface area contributed by atoms with E-state index in [1.807, 2.05) is 48.5 Å². The molecule has 0 heterocycles. The van der Waals surface area contributed by atoms with Gasteiger partial charge in [0.05, 0.1) is 11.1 Å². The zero-order valence-electron chi connectivity index (χ0n) is 11.5. The van der Waals surface area contributed by atoms with E-state index < -0.39 is 23.8 Å². The summed E-state index contributed by atoms with van der Waals surface area (Å²) in [6.45, 7) is 0. The van der Waals surface area contributed by atoms with Gasteiger partial charge < -0.3 is 10.2 Å². The Morgan fingerprint density at radius 3 is 1.14 bits per heavy atom. The Labute approximate surface area is 126 Å². The summed E-state index contributed by atoms with van der Waals surface area (Å²) in [5.74, 6) is -3.34. The summed E-state index contributed by atoms with van der Waals surface area (Å²) >= 11 is 0. The molecular weight excluding hydrogens is 280 g/mol. The zero-order chi connectivity index (χ0) is 15.4. The molecule has 0 atom stereocenters. The second kappa shape index (κ2) is 4.31. The molecule has 2 N–H and O–H groups in total. The molecule has 2 aromatic carbocycles. The van der Waals surface area contributed by atoms with Crippen LogP contribution in [0.25, 0.3) is 0 Å². The minimum Gasteiger partial charge on any atom is -0.478 e. The van der Waals surface area contributed by atoms with Gasteiger partial charge in [-0.15, -0.1) is 0 Å². The monoisotopic (exact) mass is 292 g/mol. The molecule has 5 rings (SSSR count). The normalized spacial score (nSPS) is 21.3. The summed E-state index contributed by atoms with van der Waals surface area (Å²) in [5, 5.41) is 19.2. The van der Waals surface area contributed by atoms with Crippen molar-refractivity contribution in [2.75, 3.05) is 0 Å². The van der Waals surface area contributed by atoms with Crippen molar-refractivity contribution in [3.63, 3.8) is 0 Å². The van der Waals surface area contributed by atoms with Crippen molar-refractivity contribution >= 4 is 11.9 Å². The van der Waals surface area contributed by atoms with E-state index in [0.29, 0.717) is 0 Å². The number of benzene rings is 2. The van der Waals surface area contributed by atoms with E-state index in [9.17, 15) is 19.8 Å². The fourth-order valence-corrected chi connectivity index (χ4v) is 3.82. The van der Waals surface area contributed by atoms with Crippen molar-refractivity contribution < 1.29 is 19.8 Å². The molecule has 2 bridgehead atoms. The Morgan fingerprint density at radius 1 is 0.636 bits per heavy atom. The van der Waals surface area contributed by atoms with Gasteiger partial charge in [0, 0.05) is 11.8 Å². The lowest BCUT2D eigenvalue weighted by atomic mass is 9.61. The number of carboxylic acids is 2. The molecule has 2 aromatic rings. The SMILES string of the molecule is O=C(O)C1=C(C(=O)O)C2c3ccccc3C1c1ccccc12. The van der Waals surface area contributed by atoms with Crippen LogP contribution in [0.2, 0.25) is 0 Å². The summed E-state index contributed by atoms with van der Waals surface area (Å²) in [4.78, 5) is 23.5. The minimum atomic E-state index is -1.16. The van der Waals surface area contributed by atoms with E-state index in [2.05, 4.69) is 0 Å². The zero-order valence-corrected chi connectivity index (χ0v) is 11.5. The van der Waals surface area contributed by atoms with Crippen LogP contribution in [0.4, 0.5) is 0 Å². The highest BCUT2D eigenvalue weighted by molar-refractivity contribution is 6.04. The lowest BCUT2D eigenvalue weighted by molar-refractivity contribution is -0.136. The largest absolute Gasteiger partial charge is 0.478 e. The molecule has 0 aliphatic heterocycles. The number of aliphatic carboxylic acids is 2. The minimum absolute atomic E-state index is 0.00472. The predicted molar refractivity (Wildman–Crippen MR) is 78.9 cm³/mol. The molecule has 0 saturated carbocycles. The first kappa shape index (κ1) is 12.8. The van der Waals surface area contributed by atoms with E-state index in [1.165, 1.54) is 0 Å². The van der Waals surface area contributed by atoms with Crippen LogP contribution in [-0.2, 0) is 9.59 Å². The standard InChI is InChI=1S/C18H12O4/c19-17(20)15-13-9-5-1-2-6-10(9)14(16(15)18(21)22)12-8-4-3-7-11(12)13/h1-8,13-14H,(H,19,20)(H,21,22). The second-order valence-electron chi connectivity index (χ2n) is 5.56. The highest BCUT2D eigenvalue weighted by Crippen LogP contribution is 2.55. The number of hydrogen-bond donors (Lipinski definition) is 2. The number of carbonyl (C=O) groups is 2. The number of carboxylic acid groups (broad SMARTS) is 2. The molecule has 3 aliphatic rings. The van der Waals surface area contributed by atoms with Gasteiger partial charge in [0.1, 0.15) is 0 Å². The number of rotatable bonds is 2. The predicted octanol–water partition coefficient (Wildman–Crippen LogP) is 2.74. The van der Waals surface area contributed by atoms with Crippen LogP contribution < -0.4 is 0 Å². The second-order valence-corrected chi connectivity index (χ2v) is 5.56. The van der Waals surface area contributed by atoms with E-state index in [4.69, 9.17) is 0 Å². The van der Waals surface area contributed by atoms with Gasteiger partial charge in [-0.3, -0.25) is 0 Å². The summed E-state index contributed by atoms with van der Waals surface area (Å²) in [6, 6.07) is 15.0. The molecule has 0 fully saturated rings. The molecule has 22 heavy (non-hydrogen) atoms. The molecule has 0 amide bonds. The Morgan fingerprint density at radius 2 is 0.909 bits per heavy atom. The van der Waals surface area contributed by atoms with Crippen LogP contribution in [0.5, 0.6) is 0 Å². The quantitative estimate of drug-likeness (QED) is 0.892. The third-order valence-corrected chi connectivity index (χ3v) is 4.56. The smallest absolute Gasteiger partial charge is 0.333 e. The third-order valence-electron chi connectivity index (χ3n) is 4.56. The van der Waals surface area contributed by atoms with Crippen molar-refractivity contribution in [2.45, 2.75) is 11.8 Å². The Bertz CT molecular complexity index is 745. The van der Waals surface area contributed by atoms with Crippen molar-refractivity contribution in [3.8, 4) is 0 Å². The van der Waals surface area contributed by atoms with E-state index in [1.54, 1.807) is 0 Å². The van der Waals surface area contributed by atoms with Gasteiger partial charge in [0.2, 0.25) is 0 Å². The maximum Gasteiger partial charge on any atom is 0.333 e. The van der Waals surface area contributed by atoms with E-state index >= 15 is 0 Å². The summed E-state index contributed by atoms with van der Waals surface area (Å²) in [6.07, 6.45) is 0. The van der Waals surface area contributed by atoms with E-state index in [0.717, 1.165) is 22.3 Å².